The van der Waals surface area contributed by atoms with Crippen molar-refractivity contribution in [2.45, 2.75) is 44.3 Å². The van der Waals surface area contributed by atoms with Gasteiger partial charge in [0.25, 0.3) is 0 Å². The molecule has 1 aliphatic rings. The number of aryl methyl sites for hydroxylation is 1. The average molecular weight is 549 g/mol. The molecule has 0 bridgehead atoms. The van der Waals surface area contributed by atoms with Crippen molar-refractivity contribution < 1.29 is 61.4 Å². The lowest BCUT2D eigenvalue weighted by molar-refractivity contribution is -0.0503. The highest BCUT2D eigenvalue weighted by atomic mass is 31.3. The van der Waals surface area contributed by atoms with E-state index in [1.165, 1.54) is 10.9 Å². The SMILES string of the molecule is CCCc1nc(N)c2ncn([C@@H]3O[C@H](COP(=O)(O)OP(=O)(O)OP(=O)(O)O)[C@@H](O)[C@H]3O)c2n1. The van der Waals surface area contributed by atoms with Crippen molar-refractivity contribution in [2.24, 2.45) is 0 Å². The number of aliphatic hydroxyl groups excluding tert-OH is 2. The molecule has 6 atom stereocenters. The zero-order valence-corrected chi connectivity index (χ0v) is 19.9. The van der Waals surface area contributed by atoms with Gasteiger partial charge in [0, 0.05) is 6.42 Å². The minimum absolute atomic E-state index is 0.0874. The van der Waals surface area contributed by atoms with Crippen LogP contribution in [0.3, 0.4) is 0 Å². The number of anilines is 1. The fourth-order valence-corrected chi connectivity index (χ4v) is 6.10. The standard InChI is InChI=1S/C13H22N5O13P3/c1-2-3-7-16-11(14)8-12(17-7)18(5-15-8)13-10(20)9(19)6(29-13)4-28-33(24,25)31-34(26,27)30-32(21,22)23/h5-6,9-10,13,19-20H,2-4H2,1H3,(H,24,25)(H,26,27)(H2,14,16,17)(H2,21,22,23)/t6-,9-,10-,13-/m1/s1. The molecule has 2 aromatic rings. The Kier molecular flexibility index (Phi) is 7.97. The number of hydrogen-bond donors (Lipinski definition) is 7. The minimum Gasteiger partial charge on any atom is -0.387 e. The summed E-state index contributed by atoms with van der Waals surface area (Å²) in [4.78, 5) is 48.3. The molecule has 0 spiro atoms. The van der Waals surface area contributed by atoms with Crippen molar-refractivity contribution in [2.75, 3.05) is 12.3 Å². The zero-order valence-electron chi connectivity index (χ0n) is 17.3. The molecule has 1 fully saturated rings. The second kappa shape index (κ2) is 9.95. The van der Waals surface area contributed by atoms with Crippen LogP contribution >= 0.6 is 23.5 Å². The quantitative estimate of drug-likeness (QED) is 0.181. The van der Waals surface area contributed by atoms with Crippen LogP contribution in [0.15, 0.2) is 6.33 Å². The van der Waals surface area contributed by atoms with Gasteiger partial charge in [0.05, 0.1) is 12.9 Å². The van der Waals surface area contributed by atoms with E-state index in [1.54, 1.807) is 0 Å². The smallest absolute Gasteiger partial charge is 0.387 e. The number of ether oxygens (including phenoxy) is 1. The Morgan fingerprint density at radius 1 is 1.09 bits per heavy atom. The largest absolute Gasteiger partial charge is 0.490 e. The fourth-order valence-electron chi connectivity index (χ4n) is 3.07. The van der Waals surface area contributed by atoms with E-state index in [0.717, 1.165) is 6.42 Å². The maximum absolute atomic E-state index is 11.9. The van der Waals surface area contributed by atoms with E-state index in [-0.39, 0.29) is 17.0 Å². The first kappa shape index (κ1) is 27.2. The molecule has 2 aromatic heterocycles. The summed E-state index contributed by atoms with van der Waals surface area (Å²) in [6.07, 6.45) is -3.57. The fraction of sp³-hybridized carbons (Fsp3) is 0.615. The molecular weight excluding hydrogens is 527 g/mol. The molecule has 192 valence electrons. The minimum atomic E-state index is -5.71. The van der Waals surface area contributed by atoms with Gasteiger partial charge in [-0.2, -0.15) is 8.62 Å². The normalized spacial score (nSPS) is 27.0. The van der Waals surface area contributed by atoms with Crippen molar-refractivity contribution in [1.82, 2.24) is 19.5 Å². The molecule has 0 aromatic carbocycles. The van der Waals surface area contributed by atoms with E-state index in [4.69, 9.17) is 20.3 Å². The Bertz CT molecular complexity index is 1190. The number of imidazole rings is 1. The van der Waals surface area contributed by atoms with Crippen molar-refractivity contribution >= 4 is 40.4 Å². The molecule has 1 saturated heterocycles. The predicted octanol–water partition coefficient (Wildman–Crippen LogP) is -0.677. The number of nitrogens with two attached hydrogens (primary N) is 1. The van der Waals surface area contributed by atoms with Crippen LogP contribution < -0.4 is 5.73 Å². The molecule has 3 heterocycles. The lowest BCUT2D eigenvalue weighted by atomic mass is 10.1. The first-order valence-corrected chi connectivity index (χ1v) is 13.9. The highest BCUT2D eigenvalue weighted by Crippen LogP contribution is 2.66. The molecular formula is C13H22N5O13P3. The third kappa shape index (κ3) is 6.44. The molecule has 0 radical (unpaired) electrons. The van der Waals surface area contributed by atoms with Gasteiger partial charge in [-0.3, -0.25) is 9.09 Å². The molecule has 3 rings (SSSR count). The molecule has 0 saturated carbocycles. The van der Waals surface area contributed by atoms with E-state index >= 15 is 0 Å². The number of phosphoric acid groups is 3. The van der Waals surface area contributed by atoms with Gasteiger partial charge in [0.1, 0.15) is 29.7 Å². The highest BCUT2D eigenvalue weighted by molar-refractivity contribution is 7.66. The predicted molar refractivity (Wildman–Crippen MR) is 109 cm³/mol. The van der Waals surface area contributed by atoms with Gasteiger partial charge in [-0.1, -0.05) is 6.92 Å². The van der Waals surface area contributed by atoms with Crippen LogP contribution in [0.2, 0.25) is 0 Å². The zero-order chi connectivity index (χ0) is 25.5. The number of phosphoric ester groups is 1. The maximum atomic E-state index is 11.9. The van der Waals surface area contributed by atoms with Crippen LogP contribution in [0.4, 0.5) is 5.82 Å². The van der Waals surface area contributed by atoms with Gasteiger partial charge in [0.2, 0.25) is 0 Å². The number of nitrogens with zero attached hydrogens (tertiary/aromatic N) is 4. The molecule has 18 nitrogen and oxygen atoms in total. The number of rotatable bonds is 10. The topological polar surface area (TPSA) is 279 Å². The van der Waals surface area contributed by atoms with Crippen molar-refractivity contribution in [3.05, 3.63) is 12.2 Å². The third-order valence-electron chi connectivity index (χ3n) is 4.40. The van der Waals surface area contributed by atoms with Crippen LogP contribution in [0.25, 0.3) is 11.2 Å². The Balaban J connectivity index is 1.74. The molecule has 34 heavy (non-hydrogen) atoms. The van der Waals surface area contributed by atoms with Crippen LogP contribution in [0.1, 0.15) is 25.4 Å². The van der Waals surface area contributed by atoms with Gasteiger partial charge in [-0.05, 0) is 6.42 Å². The van der Waals surface area contributed by atoms with Crippen molar-refractivity contribution in [3.8, 4) is 0 Å². The van der Waals surface area contributed by atoms with Gasteiger partial charge in [-0.15, -0.1) is 0 Å². The summed E-state index contributed by atoms with van der Waals surface area (Å²) in [6.45, 7) is 0.951. The van der Waals surface area contributed by atoms with Crippen LogP contribution in [-0.4, -0.2) is 74.2 Å². The lowest BCUT2D eigenvalue weighted by Crippen LogP contribution is -2.33. The number of nitrogen functional groups attached to an aromatic ring is 1. The molecule has 21 heteroatoms. The van der Waals surface area contributed by atoms with Gasteiger partial charge in [-0.25, -0.2) is 28.6 Å². The van der Waals surface area contributed by atoms with E-state index < -0.39 is 54.6 Å². The van der Waals surface area contributed by atoms with E-state index in [9.17, 15) is 33.7 Å². The second-order valence-electron chi connectivity index (χ2n) is 7.03. The molecule has 1 aliphatic heterocycles. The van der Waals surface area contributed by atoms with Crippen LogP contribution in [0, 0.1) is 0 Å². The average Bonchev–Trinajstić information content (AvgIpc) is 3.20. The van der Waals surface area contributed by atoms with E-state index in [2.05, 4.69) is 28.1 Å². The van der Waals surface area contributed by atoms with E-state index in [1.807, 2.05) is 6.92 Å². The van der Waals surface area contributed by atoms with Gasteiger partial charge >= 0.3 is 23.5 Å². The number of fused-ring (bicyclic) bond motifs is 1. The Labute approximate surface area is 190 Å². The molecule has 0 amide bonds. The molecule has 2 unspecified atom stereocenters. The van der Waals surface area contributed by atoms with Crippen molar-refractivity contribution in [3.63, 3.8) is 0 Å². The van der Waals surface area contributed by atoms with Gasteiger partial charge < -0.3 is 40.3 Å². The number of aliphatic hydroxyl groups is 2. The van der Waals surface area contributed by atoms with Crippen LogP contribution in [0.5, 0.6) is 0 Å². The van der Waals surface area contributed by atoms with Crippen molar-refractivity contribution in [1.29, 1.82) is 0 Å². The monoisotopic (exact) mass is 549 g/mol. The summed E-state index contributed by atoms with van der Waals surface area (Å²) in [6, 6.07) is 0. The van der Waals surface area contributed by atoms with Gasteiger partial charge in [0.15, 0.2) is 17.7 Å². The Morgan fingerprint density at radius 2 is 1.76 bits per heavy atom. The number of aromatic nitrogens is 4. The summed E-state index contributed by atoms with van der Waals surface area (Å²) in [5, 5.41) is 20.7. The highest BCUT2D eigenvalue weighted by Gasteiger charge is 2.47. The second-order valence-corrected chi connectivity index (χ2v) is 11.5. The Morgan fingerprint density at radius 3 is 2.38 bits per heavy atom. The summed E-state index contributed by atoms with van der Waals surface area (Å²) in [5.41, 5.74) is 6.30. The Hall–Kier alpha value is -1.36. The summed E-state index contributed by atoms with van der Waals surface area (Å²) < 4.78 is 52.4. The summed E-state index contributed by atoms with van der Waals surface area (Å²) in [7, 11) is -16.7. The summed E-state index contributed by atoms with van der Waals surface area (Å²) >= 11 is 0. The van der Waals surface area contributed by atoms with Crippen LogP contribution in [-0.2, 0) is 38.0 Å². The first-order valence-electron chi connectivity index (χ1n) is 9.41. The van der Waals surface area contributed by atoms with E-state index in [0.29, 0.717) is 12.2 Å². The molecule has 8 N–H and O–H groups in total. The lowest BCUT2D eigenvalue weighted by Gasteiger charge is -2.19. The third-order valence-corrected chi connectivity index (χ3v) is 8.20. The first-order chi connectivity index (χ1) is 15.6. The summed E-state index contributed by atoms with van der Waals surface area (Å²) in [5.74, 6) is 0.496. The maximum Gasteiger partial charge on any atom is 0.490 e. The molecule has 0 aliphatic carbocycles. The number of hydrogen-bond acceptors (Lipinski definition) is 13.